The number of hydrogen-bond acceptors (Lipinski definition) is 5. The van der Waals surface area contributed by atoms with E-state index in [2.05, 4.69) is 10.3 Å². The van der Waals surface area contributed by atoms with Gasteiger partial charge in [0.15, 0.2) is 11.3 Å². The first-order chi connectivity index (χ1) is 14.0. The van der Waals surface area contributed by atoms with E-state index in [9.17, 15) is 9.59 Å². The van der Waals surface area contributed by atoms with Crippen LogP contribution in [0, 0.1) is 0 Å². The van der Waals surface area contributed by atoms with Crippen molar-refractivity contribution in [3.8, 4) is 5.75 Å². The first-order valence-corrected chi connectivity index (χ1v) is 9.30. The maximum atomic E-state index is 12.3. The summed E-state index contributed by atoms with van der Waals surface area (Å²) in [7, 11) is 0. The average molecular weight is 411 g/mol. The summed E-state index contributed by atoms with van der Waals surface area (Å²) in [4.78, 5) is 28.4. The van der Waals surface area contributed by atoms with Gasteiger partial charge in [-0.15, -0.1) is 0 Å². The minimum atomic E-state index is -1.01. The van der Waals surface area contributed by atoms with E-state index in [4.69, 9.17) is 21.1 Å². The largest absolute Gasteiger partial charge is 0.489 e. The molecule has 3 rings (SSSR count). The lowest BCUT2D eigenvalue weighted by atomic mass is 10.2. The Bertz CT molecular complexity index is 978. The minimum Gasteiger partial charge on any atom is -0.489 e. The quantitative estimate of drug-likeness (QED) is 0.458. The maximum Gasteiger partial charge on any atom is 0.338 e. The van der Waals surface area contributed by atoms with Crippen molar-refractivity contribution in [2.75, 3.05) is 5.32 Å². The molecule has 6 nitrogen and oxygen atoms in total. The molecule has 1 N–H and O–H groups in total. The second-order valence-electron chi connectivity index (χ2n) is 6.18. The number of carbonyl (C=O) groups is 2. The fraction of sp³-hybridized carbons (Fsp3) is 0.136. The van der Waals surface area contributed by atoms with E-state index in [1.165, 1.54) is 13.1 Å². The predicted octanol–water partition coefficient (Wildman–Crippen LogP) is 4.50. The number of halogens is 1. The molecule has 7 heteroatoms. The van der Waals surface area contributed by atoms with E-state index < -0.39 is 18.0 Å². The monoisotopic (exact) mass is 410 g/mol. The van der Waals surface area contributed by atoms with Crippen molar-refractivity contribution in [1.29, 1.82) is 0 Å². The van der Waals surface area contributed by atoms with Gasteiger partial charge in [-0.1, -0.05) is 41.9 Å². The van der Waals surface area contributed by atoms with Gasteiger partial charge in [-0.2, -0.15) is 0 Å². The first-order valence-electron chi connectivity index (χ1n) is 8.92. The third-order valence-corrected chi connectivity index (χ3v) is 4.31. The number of esters is 1. The number of hydrogen-bond donors (Lipinski definition) is 1. The van der Waals surface area contributed by atoms with Crippen LogP contribution in [0.4, 0.5) is 5.69 Å². The molecule has 0 unspecified atom stereocenters. The highest BCUT2D eigenvalue weighted by Crippen LogP contribution is 2.19. The zero-order valence-electron chi connectivity index (χ0n) is 15.7. The van der Waals surface area contributed by atoms with Crippen LogP contribution >= 0.6 is 11.6 Å². The van der Waals surface area contributed by atoms with Crippen LogP contribution in [-0.4, -0.2) is 23.0 Å². The Balaban J connectivity index is 1.53. The Morgan fingerprint density at radius 3 is 2.45 bits per heavy atom. The number of aromatic nitrogens is 1. The van der Waals surface area contributed by atoms with Gasteiger partial charge in [-0.05, 0) is 48.9 Å². The third-order valence-electron chi connectivity index (χ3n) is 4.01. The van der Waals surface area contributed by atoms with Crippen molar-refractivity contribution in [1.82, 2.24) is 4.98 Å². The highest BCUT2D eigenvalue weighted by molar-refractivity contribution is 6.32. The molecule has 1 amide bonds. The van der Waals surface area contributed by atoms with Crippen LogP contribution < -0.4 is 10.1 Å². The Hall–Kier alpha value is -3.38. The van der Waals surface area contributed by atoms with E-state index in [1.807, 2.05) is 30.3 Å². The Morgan fingerprint density at radius 2 is 1.76 bits per heavy atom. The van der Waals surface area contributed by atoms with Crippen molar-refractivity contribution in [3.63, 3.8) is 0 Å². The lowest BCUT2D eigenvalue weighted by molar-refractivity contribution is -0.123. The molecule has 0 radical (unpaired) electrons. The molecule has 0 fully saturated rings. The zero-order chi connectivity index (χ0) is 20.6. The van der Waals surface area contributed by atoms with Gasteiger partial charge in [0.25, 0.3) is 5.91 Å². The summed E-state index contributed by atoms with van der Waals surface area (Å²) in [6, 6.07) is 19.5. The fourth-order valence-electron chi connectivity index (χ4n) is 2.42. The number of nitrogens with zero attached hydrogens (tertiary/aromatic N) is 1. The SMILES string of the molecule is C[C@@H](OC(=O)c1ccc(OCc2ccccc2)cc1)C(=O)Nc1cccnc1Cl. The third kappa shape index (κ3) is 5.80. The summed E-state index contributed by atoms with van der Waals surface area (Å²) in [5.41, 5.74) is 1.71. The topological polar surface area (TPSA) is 77.5 Å². The van der Waals surface area contributed by atoms with E-state index in [0.717, 1.165) is 5.56 Å². The molecule has 148 valence electrons. The van der Waals surface area contributed by atoms with Crippen molar-refractivity contribution >= 4 is 29.2 Å². The van der Waals surface area contributed by atoms with Gasteiger partial charge in [0.05, 0.1) is 11.3 Å². The van der Waals surface area contributed by atoms with Crippen LogP contribution in [0.15, 0.2) is 72.9 Å². The highest BCUT2D eigenvalue weighted by atomic mass is 35.5. The van der Waals surface area contributed by atoms with Gasteiger partial charge in [0, 0.05) is 6.20 Å². The molecular weight excluding hydrogens is 392 g/mol. The van der Waals surface area contributed by atoms with Crippen molar-refractivity contribution in [3.05, 3.63) is 89.2 Å². The van der Waals surface area contributed by atoms with Crippen molar-refractivity contribution in [2.45, 2.75) is 19.6 Å². The van der Waals surface area contributed by atoms with E-state index in [0.29, 0.717) is 23.6 Å². The summed E-state index contributed by atoms with van der Waals surface area (Å²) in [5.74, 6) is -0.488. The maximum absolute atomic E-state index is 12.3. The van der Waals surface area contributed by atoms with Crippen LogP contribution in [0.3, 0.4) is 0 Å². The highest BCUT2D eigenvalue weighted by Gasteiger charge is 2.20. The smallest absolute Gasteiger partial charge is 0.338 e. The Morgan fingerprint density at radius 1 is 1.03 bits per heavy atom. The fourth-order valence-corrected chi connectivity index (χ4v) is 2.59. The summed E-state index contributed by atoms with van der Waals surface area (Å²) < 4.78 is 10.9. The molecule has 0 spiro atoms. The number of benzene rings is 2. The zero-order valence-corrected chi connectivity index (χ0v) is 16.4. The molecular formula is C22H19ClN2O4. The van der Waals surface area contributed by atoms with Crippen LogP contribution in [0.1, 0.15) is 22.8 Å². The number of nitrogens with one attached hydrogen (secondary N) is 1. The van der Waals surface area contributed by atoms with Crippen LogP contribution in [-0.2, 0) is 16.1 Å². The van der Waals surface area contributed by atoms with Gasteiger partial charge in [-0.25, -0.2) is 9.78 Å². The first kappa shape index (κ1) is 20.4. The standard InChI is InChI=1S/C22H19ClN2O4/c1-15(21(26)25-19-8-5-13-24-20(19)23)29-22(27)17-9-11-18(12-10-17)28-14-16-6-3-2-4-7-16/h2-13,15H,14H2,1H3,(H,25,26)/t15-/m1/s1. The van der Waals surface area contributed by atoms with Gasteiger partial charge >= 0.3 is 5.97 Å². The molecule has 0 bridgehead atoms. The summed E-state index contributed by atoms with van der Waals surface area (Å²) in [6.45, 7) is 1.91. The van der Waals surface area contributed by atoms with Gasteiger partial charge in [0.1, 0.15) is 12.4 Å². The Labute approximate surface area is 173 Å². The number of rotatable bonds is 7. The Kier molecular flexibility index (Phi) is 6.81. The second kappa shape index (κ2) is 9.71. The molecule has 0 saturated carbocycles. The molecule has 1 atom stereocenters. The van der Waals surface area contributed by atoms with E-state index >= 15 is 0 Å². The number of amides is 1. The number of anilines is 1. The number of ether oxygens (including phenoxy) is 2. The predicted molar refractivity (Wildman–Crippen MR) is 110 cm³/mol. The van der Waals surface area contributed by atoms with Gasteiger partial charge in [-0.3, -0.25) is 4.79 Å². The van der Waals surface area contributed by atoms with Crippen LogP contribution in [0.2, 0.25) is 5.15 Å². The van der Waals surface area contributed by atoms with Crippen molar-refractivity contribution < 1.29 is 19.1 Å². The summed E-state index contributed by atoms with van der Waals surface area (Å²) in [6.07, 6.45) is 0.502. The van der Waals surface area contributed by atoms with Crippen LogP contribution in [0.25, 0.3) is 0 Å². The lowest BCUT2D eigenvalue weighted by Crippen LogP contribution is -2.30. The molecule has 29 heavy (non-hydrogen) atoms. The van der Waals surface area contributed by atoms with Gasteiger partial charge < -0.3 is 14.8 Å². The molecule has 2 aromatic carbocycles. The average Bonchev–Trinajstić information content (AvgIpc) is 2.75. The van der Waals surface area contributed by atoms with E-state index in [-0.39, 0.29) is 5.15 Å². The molecule has 1 heterocycles. The lowest BCUT2D eigenvalue weighted by Gasteiger charge is -2.14. The van der Waals surface area contributed by atoms with E-state index in [1.54, 1.807) is 36.4 Å². The second-order valence-corrected chi connectivity index (χ2v) is 6.54. The molecule has 1 aromatic heterocycles. The van der Waals surface area contributed by atoms with Crippen LogP contribution in [0.5, 0.6) is 5.75 Å². The molecule has 0 saturated heterocycles. The number of carbonyl (C=O) groups excluding carboxylic acids is 2. The molecule has 0 aliphatic rings. The molecule has 0 aliphatic heterocycles. The summed E-state index contributed by atoms with van der Waals surface area (Å²) >= 11 is 5.91. The normalized spacial score (nSPS) is 11.4. The summed E-state index contributed by atoms with van der Waals surface area (Å²) in [5, 5.41) is 2.74. The molecule has 0 aliphatic carbocycles. The number of pyridine rings is 1. The van der Waals surface area contributed by atoms with Crippen molar-refractivity contribution in [2.24, 2.45) is 0 Å². The molecule has 3 aromatic rings. The minimum absolute atomic E-state index is 0.158. The van der Waals surface area contributed by atoms with Gasteiger partial charge in [0.2, 0.25) is 0 Å².